The minimum absolute atomic E-state index is 0.0237. The highest BCUT2D eigenvalue weighted by Gasteiger charge is 2.29. The third-order valence-corrected chi connectivity index (χ3v) is 3.20. The van der Waals surface area contributed by atoms with Crippen molar-refractivity contribution in [2.45, 2.75) is 12.5 Å². The fourth-order valence-electron chi connectivity index (χ4n) is 2.09. The van der Waals surface area contributed by atoms with E-state index < -0.39 is 0 Å². The predicted octanol–water partition coefficient (Wildman–Crippen LogP) is 0.675. The number of carbonyl (C=O) groups is 2. The van der Waals surface area contributed by atoms with Crippen LogP contribution in [0, 0.1) is 5.92 Å². The first-order chi connectivity index (χ1) is 8.22. The molecule has 0 aliphatic carbocycles. The number of carbonyl (C=O) groups excluding carboxylic acids is 2. The van der Waals surface area contributed by atoms with Gasteiger partial charge in [0.25, 0.3) is 5.91 Å². The van der Waals surface area contributed by atoms with Gasteiger partial charge < -0.3 is 15.4 Å². The molecule has 1 aliphatic rings. The molecule has 2 unspecified atom stereocenters. The van der Waals surface area contributed by atoms with Gasteiger partial charge in [0.2, 0.25) is 0 Å². The number of piperidine rings is 1. The highest BCUT2D eigenvalue weighted by atomic mass is 16.2. The molecule has 1 aliphatic heterocycles. The Hall–Kier alpha value is -1.68. The Morgan fingerprint density at radius 1 is 1.35 bits per heavy atom. The second-order valence-corrected chi connectivity index (χ2v) is 4.37. The Labute approximate surface area is 100 Å². The van der Waals surface area contributed by atoms with Gasteiger partial charge in [-0.1, -0.05) is 18.2 Å². The van der Waals surface area contributed by atoms with E-state index in [0.29, 0.717) is 25.1 Å². The Kier molecular flexibility index (Phi) is 3.54. The van der Waals surface area contributed by atoms with Gasteiger partial charge in [-0.15, -0.1) is 0 Å². The van der Waals surface area contributed by atoms with E-state index in [4.69, 9.17) is 5.73 Å². The van der Waals surface area contributed by atoms with Crippen molar-refractivity contribution in [3.05, 3.63) is 35.9 Å². The SMILES string of the molecule is NC1CCN(C(=O)c2ccccc2)CC1C=O. The van der Waals surface area contributed by atoms with Crippen molar-refractivity contribution in [2.75, 3.05) is 13.1 Å². The average molecular weight is 232 g/mol. The number of rotatable bonds is 2. The largest absolute Gasteiger partial charge is 0.338 e. The maximum atomic E-state index is 12.1. The Balaban J connectivity index is 2.09. The fourth-order valence-corrected chi connectivity index (χ4v) is 2.09. The molecule has 2 atom stereocenters. The summed E-state index contributed by atoms with van der Waals surface area (Å²) in [6.45, 7) is 1.05. The molecule has 0 radical (unpaired) electrons. The number of aldehydes is 1. The first-order valence-corrected chi connectivity index (χ1v) is 5.77. The van der Waals surface area contributed by atoms with Crippen LogP contribution in [-0.2, 0) is 4.79 Å². The molecular weight excluding hydrogens is 216 g/mol. The monoisotopic (exact) mass is 232 g/mol. The summed E-state index contributed by atoms with van der Waals surface area (Å²) >= 11 is 0. The van der Waals surface area contributed by atoms with Gasteiger partial charge in [0.15, 0.2) is 0 Å². The van der Waals surface area contributed by atoms with Crippen molar-refractivity contribution < 1.29 is 9.59 Å². The van der Waals surface area contributed by atoms with Crippen LogP contribution in [0.5, 0.6) is 0 Å². The van der Waals surface area contributed by atoms with Crippen molar-refractivity contribution in [3.63, 3.8) is 0 Å². The maximum absolute atomic E-state index is 12.1. The van der Waals surface area contributed by atoms with E-state index in [-0.39, 0.29) is 17.9 Å². The normalized spacial score (nSPS) is 24.4. The zero-order valence-corrected chi connectivity index (χ0v) is 9.58. The van der Waals surface area contributed by atoms with Crippen molar-refractivity contribution in [1.29, 1.82) is 0 Å². The number of hydrogen-bond acceptors (Lipinski definition) is 3. The maximum Gasteiger partial charge on any atom is 0.253 e. The minimum Gasteiger partial charge on any atom is -0.338 e. The van der Waals surface area contributed by atoms with Crippen LogP contribution in [-0.4, -0.2) is 36.2 Å². The molecule has 1 heterocycles. The molecule has 4 nitrogen and oxygen atoms in total. The lowest BCUT2D eigenvalue weighted by Crippen LogP contribution is -2.49. The Morgan fingerprint density at radius 2 is 2.06 bits per heavy atom. The highest BCUT2D eigenvalue weighted by molar-refractivity contribution is 5.94. The predicted molar refractivity (Wildman–Crippen MR) is 64.5 cm³/mol. The smallest absolute Gasteiger partial charge is 0.253 e. The lowest BCUT2D eigenvalue weighted by molar-refractivity contribution is -0.112. The van der Waals surface area contributed by atoms with Crippen molar-refractivity contribution >= 4 is 12.2 Å². The van der Waals surface area contributed by atoms with Gasteiger partial charge in [0, 0.05) is 30.6 Å². The summed E-state index contributed by atoms with van der Waals surface area (Å²) in [5.41, 5.74) is 6.48. The molecule has 1 fully saturated rings. The van der Waals surface area contributed by atoms with Crippen LogP contribution in [0.4, 0.5) is 0 Å². The van der Waals surface area contributed by atoms with Gasteiger partial charge in [-0.3, -0.25) is 4.79 Å². The fraction of sp³-hybridized carbons (Fsp3) is 0.385. The standard InChI is InChI=1S/C13H16N2O2/c14-12-6-7-15(8-11(12)9-16)13(17)10-4-2-1-3-5-10/h1-5,9,11-12H,6-8,14H2. The van der Waals surface area contributed by atoms with Crippen molar-refractivity contribution in [3.8, 4) is 0 Å². The third kappa shape index (κ3) is 2.53. The van der Waals surface area contributed by atoms with Crippen molar-refractivity contribution in [1.82, 2.24) is 4.90 Å². The molecule has 2 N–H and O–H groups in total. The van der Waals surface area contributed by atoms with Gasteiger partial charge in [0.05, 0.1) is 0 Å². The molecule has 2 rings (SSSR count). The molecule has 1 saturated heterocycles. The van der Waals surface area contributed by atoms with E-state index in [1.54, 1.807) is 17.0 Å². The van der Waals surface area contributed by atoms with E-state index in [2.05, 4.69) is 0 Å². The molecule has 90 valence electrons. The molecule has 1 amide bonds. The summed E-state index contributed by atoms with van der Waals surface area (Å²) in [6, 6.07) is 8.99. The van der Waals surface area contributed by atoms with E-state index in [1.807, 2.05) is 18.2 Å². The van der Waals surface area contributed by atoms with E-state index >= 15 is 0 Å². The second kappa shape index (κ2) is 5.10. The van der Waals surface area contributed by atoms with Gasteiger partial charge >= 0.3 is 0 Å². The summed E-state index contributed by atoms with van der Waals surface area (Å²) in [5.74, 6) is -0.263. The first kappa shape index (κ1) is 11.8. The molecule has 17 heavy (non-hydrogen) atoms. The highest BCUT2D eigenvalue weighted by Crippen LogP contribution is 2.16. The van der Waals surface area contributed by atoms with Crippen LogP contribution < -0.4 is 5.73 Å². The molecule has 0 bridgehead atoms. The quantitative estimate of drug-likeness (QED) is 0.762. The van der Waals surface area contributed by atoms with Crippen LogP contribution in [0.3, 0.4) is 0 Å². The molecule has 0 saturated carbocycles. The lowest BCUT2D eigenvalue weighted by atomic mass is 9.94. The molecule has 0 aromatic heterocycles. The molecule has 1 aromatic rings. The third-order valence-electron chi connectivity index (χ3n) is 3.20. The average Bonchev–Trinajstić information content (AvgIpc) is 2.39. The van der Waals surface area contributed by atoms with E-state index in [9.17, 15) is 9.59 Å². The van der Waals surface area contributed by atoms with Gasteiger partial charge in [-0.05, 0) is 18.6 Å². The van der Waals surface area contributed by atoms with Crippen LogP contribution in [0.1, 0.15) is 16.8 Å². The van der Waals surface area contributed by atoms with Crippen LogP contribution in [0.25, 0.3) is 0 Å². The summed E-state index contributed by atoms with van der Waals surface area (Å²) in [6.07, 6.45) is 1.54. The second-order valence-electron chi connectivity index (χ2n) is 4.37. The van der Waals surface area contributed by atoms with Gasteiger partial charge in [0.1, 0.15) is 6.29 Å². The topological polar surface area (TPSA) is 63.4 Å². The Morgan fingerprint density at radius 3 is 2.71 bits per heavy atom. The summed E-state index contributed by atoms with van der Waals surface area (Å²) in [7, 11) is 0. The summed E-state index contributed by atoms with van der Waals surface area (Å²) < 4.78 is 0. The molecule has 4 heteroatoms. The van der Waals surface area contributed by atoms with Gasteiger partial charge in [-0.2, -0.15) is 0 Å². The Bertz CT molecular complexity index is 405. The van der Waals surface area contributed by atoms with Crippen LogP contribution >= 0.6 is 0 Å². The molecular formula is C13H16N2O2. The van der Waals surface area contributed by atoms with E-state index in [1.165, 1.54) is 0 Å². The number of nitrogens with zero attached hydrogens (tertiary/aromatic N) is 1. The number of hydrogen-bond donors (Lipinski definition) is 1. The van der Waals surface area contributed by atoms with Crippen LogP contribution in [0.2, 0.25) is 0 Å². The zero-order valence-electron chi connectivity index (χ0n) is 9.58. The molecule has 0 spiro atoms. The first-order valence-electron chi connectivity index (χ1n) is 5.77. The number of nitrogens with two attached hydrogens (primary N) is 1. The zero-order chi connectivity index (χ0) is 12.3. The van der Waals surface area contributed by atoms with Crippen LogP contribution in [0.15, 0.2) is 30.3 Å². The minimum atomic E-state index is -0.239. The van der Waals surface area contributed by atoms with E-state index in [0.717, 1.165) is 6.29 Å². The summed E-state index contributed by atoms with van der Waals surface area (Å²) in [4.78, 5) is 24.7. The lowest BCUT2D eigenvalue weighted by Gasteiger charge is -2.34. The summed E-state index contributed by atoms with van der Waals surface area (Å²) in [5, 5.41) is 0. The number of benzene rings is 1. The van der Waals surface area contributed by atoms with Crippen molar-refractivity contribution in [2.24, 2.45) is 11.7 Å². The molecule has 1 aromatic carbocycles. The number of likely N-dealkylation sites (tertiary alicyclic amines) is 1. The number of amides is 1. The van der Waals surface area contributed by atoms with Gasteiger partial charge in [-0.25, -0.2) is 0 Å².